The van der Waals surface area contributed by atoms with Crippen LogP contribution in [0.1, 0.15) is 0 Å². The van der Waals surface area contributed by atoms with Gasteiger partial charge in [-0.3, -0.25) is 4.79 Å². The average Bonchev–Trinajstić information content (AvgIpc) is 2.45. The Labute approximate surface area is 171 Å². The molecule has 0 aliphatic heterocycles. The quantitative estimate of drug-likeness (QED) is 0.283. The van der Waals surface area contributed by atoms with Gasteiger partial charge in [-0.2, -0.15) is 0 Å². The second kappa shape index (κ2) is 6.42. The van der Waals surface area contributed by atoms with E-state index in [0.29, 0.717) is 0 Å². The number of hydrogen-bond acceptors (Lipinski definition) is 7. The van der Waals surface area contributed by atoms with E-state index in [0.717, 1.165) is 24.3 Å². The molecular weight excluding hydrogens is 331 g/mol. The van der Waals surface area contributed by atoms with Crippen LogP contribution in [0.25, 0.3) is 22.3 Å². The van der Waals surface area contributed by atoms with E-state index in [-0.39, 0.29) is 85.2 Å². The smallest absolute Gasteiger partial charge is 0.508 e. The van der Waals surface area contributed by atoms with E-state index >= 15 is 0 Å². The van der Waals surface area contributed by atoms with Gasteiger partial charge in [-0.1, -0.05) is 0 Å². The molecule has 2 aromatic carbocycles. The molecule has 7 nitrogen and oxygen atoms in total. The first kappa shape index (κ1) is 17.6. The molecule has 0 fully saturated rings. The van der Waals surface area contributed by atoms with E-state index in [1.165, 1.54) is 6.07 Å². The zero-order valence-corrected chi connectivity index (χ0v) is 15.1. The zero-order chi connectivity index (χ0) is 16.0. The average molecular weight is 341 g/mol. The molecule has 3 rings (SSSR count). The third-order valence-corrected chi connectivity index (χ3v) is 3.17. The van der Waals surface area contributed by atoms with Crippen LogP contribution in [-0.2, 0) is 0 Å². The van der Waals surface area contributed by atoms with Gasteiger partial charge in [-0.15, -0.1) is 0 Å². The van der Waals surface area contributed by atoms with E-state index in [1.54, 1.807) is 0 Å². The number of fused-ring (bicyclic) bond motifs is 1. The van der Waals surface area contributed by atoms with E-state index in [9.17, 15) is 30.3 Å². The molecule has 0 saturated heterocycles. The first-order valence-electron chi connectivity index (χ1n) is 6.12. The monoisotopic (exact) mass is 341 g/mol. The maximum absolute atomic E-state index is 12.1. The van der Waals surface area contributed by atoms with Crippen molar-refractivity contribution < 1.29 is 81.3 Å². The number of phenolic OH excluding ortho intramolecular Hbond substituents is 4. The van der Waals surface area contributed by atoms with Crippen LogP contribution in [0, 0.1) is 0 Å². The number of hydrogen-bond donors (Lipinski definition) is 5. The molecule has 1 heterocycles. The van der Waals surface area contributed by atoms with Crippen molar-refractivity contribution in [2.24, 2.45) is 0 Å². The second-order valence-corrected chi connectivity index (χ2v) is 4.65. The van der Waals surface area contributed by atoms with Crippen LogP contribution < -0.4 is 56.8 Å². The summed E-state index contributed by atoms with van der Waals surface area (Å²) in [5.74, 6) is -2.71. The molecule has 1 aromatic heterocycles. The fourth-order valence-electron chi connectivity index (χ4n) is 2.14. The van der Waals surface area contributed by atoms with Crippen LogP contribution in [0.2, 0.25) is 0 Å². The van der Waals surface area contributed by atoms with Crippen LogP contribution in [0.4, 0.5) is 0 Å². The van der Waals surface area contributed by atoms with Crippen molar-refractivity contribution >= 4 is 11.0 Å². The molecule has 0 atom stereocenters. The Morgan fingerprint density at radius 1 is 0.826 bits per heavy atom. The van der Waals surface area contributed by atoms with Gasteiger partial charge in [-0.05, 0) is 18.2 Å². The number of rotatable bonds is 1. The first-order valence-corrected chi connectivity index (χ1v) is 6.12. The summed E-state index contributed by atoms with van der Waals surface area (Å²) < 4.78 is 5.35. The third kappa shape index (κ3) is 3.03. The molecule has 0 spiro atoms. The van der Waals surface area contributed by atoms with Gasteiger partial charge >= 0.3 is 51.4 Å². The van der Waals surface area contributed by atoms with Crippen molar-refractivity contribution in [3.8, 4) is 40.1 Å². The summed E-state index contributed by atoms with van der Waals surface area (Å²) in [5, 5.41) is 47.6. The molecular formula is C15H10KO7+. The Balaban J connectivity index is 0.00000192. The predicted molar refractivity (Wildman–Crippen MR) is 76.2 cm³/mol. The van der Waals surface area contributed by atoms with E-state index in [1.807, 2.05) is 0 Å². The van der Waals surface area contributed by atoms with Crippen molar-refractivity contribution in [2.45, 2.75) is 0 Å². The molecule has 0 bridgehead atoms. The van der Waals surface area contributed by atoms with Crippen LogP contribution in [0.3, 0.4) is 0 Å². The van der Waals surface area contributed by atoms with Gasteiger partial charge in [-0.25, -0.2) is 0 Å². The molecule has 112 valence electrons. The van der Waals surface area contributed by atoms with Gasteiger partial charge in [0.15, 0.2) is 17.3 Å². The Morgan fingerprint density at radius 2 is 1.52 bits per heavy atom. The summed E-state index contributed by atoms with van der Waals surface area (Å²) in [7, 11) is 0. The van der Waals surface area contributed by atoms with Crippen molar-refractivity contribution in [1.82, 2.24) is 0 Å². The molecule has 0 aliphatic rings. The Kier molecular flexibility index (Phi) is 4.92. The summed E-state index contributed by atoms with van der Waals surface area (Å²) >= 11 is 0. The number of benzene rings is 2. The Bertz CT molecular complexity index is 962. The predicted octanol–water partition coefficient (Wildman–Crippen LogP) is -1.01. The summed E-state index contributed by atoms with van der Waals surface area (Å²) in [6.07, 6.45) is 0. The Hall–Kier alpha value is -1.71. The summed E-state index contributed by atoms with van der Waals surface area (Å²) in [4.78, 5) is 12.1. The van der Waals surface area contributed by atoms with Crippen LogP contribution in [0.15, 0.2) is 39.5 Å². The van der Waals surface area contributed by atoms with E-state index in [4.69, 9.17) is 4.42 Å². The molecule has 0 saturated carbocycles. The summed E-state index contributed by atoms with van der Waals surface area (Å²) in [6, 6.07) is 5.64. The minimum atomic E-state index is -0.888. The molecule has 0 aliphatic carbocycles. The summed E-state index contributed by atoms with van der Waals surface area (Å²) in [6.45, 7) is 0. The topological polar surface area (TPSA) is 131 Å². The number of phenols is 4. The Morgan fingerprint density at radius 3 is 2.17 bits per heavy atom. The molecule has 0 radical (unpaired) electrons. The number of aromatic hydroxyl groups is 5. The van der Waals surface area contributed by atoms with Crippen molar-refractivity contribution in [3.05, 3.63) is 40.6 Å². The van der Waals surface area contributed by atoms with Gasteiger partial charge in [0.1, 0.15) is 22.5 Å². The fourth-order valence-corrected chi connectivity index (χ4v) is 2.14. The summed E-state index contributed by atoms with van der Waals surface area (Å²) in [5.41, 5.74) is -0.890. The van der Waals surface area contributed by atoms with Crippen molar-refractivity contribution in [2.75, 3.05) is 0 Å². The van der Waals surface area contributed by atoms with Gasteiger partial charge < -0.3 is 29.9 Å². The van der Waals surface area contributed by atoms with Gasteiger partial charge in [0, 0.05) is 17.7 Å². The van der Waals surface area contributed by atoms with Crippen LogP contribution in [0.5, 0.6) is 28.7 Å². The molecule has 23 heavy (non-hydrogen) atoms. The van der Waals surface area contributed by atoms with Crippen LogP contribution >= 0.6 is 0 Å². The van der Waals surface area contributed by atoms with E-state index < -0.39 is 22.7 Å². The third-order valence-electron chi connectivity index (χ3n) is 3.17. The van der Waals surface area contributed by atoms with Crippen molar-refractivity contribution in [3.63, 3.8) is 0 Å². The normalized spacial score (nSPS) is 10.4. The van der Waals surface area contributed by atoms with Crippen molar-refractivity contribution in [1.29, 1.82) is 0 Å². The second-order valence-electron chi connectivity index (χ2n) is 4.65. The van der Waals surface area contributed by atoms with Gasteiger partial charge in [0.2, 0.25) is 11.2 Å². The molecule has 0 unspecified atom stereocenters. The van der Waals surface area contributed by atoms with E-state index in [2.05, 4.69) is 0 Å². The molecule has 0 amide bonds. The SMILES string of the molecule is O=c1c(O)c(-c2ccc(O)c(O)c2)oc2cc(O)cc(O)c12.[K+]. The fraction of sp³-hybridized carbons (Fsp3) is 0. The first-order chi connectivity index (χ1) is 10.4. The maximum Gasteiger partial charge on any atom is 1.00 e. The molecule has 3 aromatic rings. The van der Waals surface area contributed by atoms with Gasteiger partial charge in [0.05, 0.1) is 0 Å². The van der Waals surface area contributed by atoms with Gasteiger partial charge in [0.25, 0.3) is 0 Å². The molecule has 5 N–H and O–H groups in total. The molecule has 8 heteroatoms. The largest absolute Gasteiger partial charge is 1.00 e. The zero-order valence-electron chi connectivity index (χ0n) is 11.9. The van der Waals surface area contributed by atoms with Crippen LogP contribution in [-0.4, -0.2) is 25.5 Å². The minimum absolute atomic E-state index is 0. The minimum Gasteiger partial charge on any atom is -0.508 e. The standard InChI is InChI=1S/C15H10O7.K/c16-7-4-10(19)12-11(5-7)22-15(14(21)13(12)20)6-1-2-8(17)9(18)3-6;/h1-5,16-19,21H;/q;+1. The maximum atomic E-state index is 12.1.